The summed E-state index contributed by atoms with van der Waals surface area (Å²) in [6.07, 6.45) is 9.01. The number of aliphatic hydroxyl groups is 1. The zero-order valence-corrected chi connectivity index (χ0v) is 13.6. The van der Waals surface area contributed by atoms with Crippen LogP contribution in [0.1, 0.15) is 58.8 Å². The quantitative estimate of drug-likeness (QED) is 0.700. The zero-order valence-electron chi connectivity index (χ0n) is 13.6. The van der Waals surface area contributed by atoms with E-state index in [1.54, 1.807) is 0 Å². The van der Waals surface area contributed by atoms with Gasteiger partial charge in [-0.1, -0.05) is 19.4 Å². The first kappa shape index (κ1) is 13.7. The molecule has 4 fully saturated rings. The molecule has 5 unspecified atom stereocenters. The molecule has 5 aliphatic rings. The highest BCUT2D eigenvalue weighted by molar-refractivity contribution is 5.91. The van der Waals surface area contributed by atoms with Crippen molar-refractivity contribution in [2.75, 3.05) is 0 Å². The van der Waals surface area contributed by atoms with Gasteiger partial charge < -0.3 is 9.84 Å². The molecular formula is C19H26O3. The first-order valence-corrected chi connectivity index (χ1v) is 9.01. The molecule has 1 N–H and O–H groups in total. The van der Waals surface area contributed by atoms with Crippen LogP contribution in [0.3, 0.4) is 0 Å². The molecule has 0 aromatic rings. The van der Waals surface area contributed by atoms with Crippen LogP contribution in [-0.4, -0.2) is 28.7 Å². The number of fused-ring (bicyclic) bond motifs is 3. The van der Waals surface area contributed by atoms with Crippen LogP contribution in [0.4, 0.5) is 0 Å². The van der Waals surface area contributed by atoms with Gasteiger partial charge in [0.15, 0.2) is 5.78 Å². The molecule has 7 atom stereocenters. The molecule has 120 valence electrons. The Bertz CT molecular complexity index is 595. The summed E-state index contributed by atoms with van der Waals surface area (Å²) in [5.41, 5.74) is 1.44. The highest BCUT2D eigenvalue weighted by Crippen LogP contribution is 2.74. The van der Waals surface area contributed by atoms with Gasteiger partial charge in [0.1, 0.15) is 5.60 Å². The number of carbonyl (C=O) groups excluding carboxylic acids is 1. The molecule has 3 saturated carbocycles. The average Bonchev–Trinajstić information content (AvgIpc) is 3.12. The number of rotatable bonds is 0. The lowest BCUT2D eigenvalue weighted by Gasteiger charge is -2.55. The Kier molecular flexibility index (Phi) is 2.41. The maximum Gasteiger partial charge on any atom is 0.155 e. The summed E-state index contributed by atoms with van der Waals surface area (Å²) in [5, 5.41) is 10.5. The SMILES string of the molecule is CC12CC3OC34C(CCC3=CC(=O)CC[C@@]34C)C1CC[C@@H]2O. The second-order valence-corrected chi connectivity index (χ2v) is 8.92. The summed E-state index contributed by atoms with van der Waals surface area (Å²) in [5.74, 6) is 1.47. The van der Waals surface area contributed by atoms with Gasteiger partial charge in [-0.3, -0.25) is 4.79 Å². The topological polar surface area (TPSA) is 49.8 Å². The summed E-state index contributed by atoms with van der Waals surface area (Å²) in [6, 6.07) is 0. The summed E-state index contributed by atoms with van der Waals surface area (Å²) in [4.78, 5) is 11.9. The van der Waals surface area contributed by atoms with Crippen LogP contribution < -0.4 is 0 Å². The van der Waals surface area contributed by atoms with Crippen LogP contribution in [0.2, 0.25) is 0 Å². The molecule has 0 amide bonds. The Labute approximate surface area is 132 Å². The summed E-state index contributed by atoms with van der Waals surface area (Å²) in [6.45, 7) is 4.64. The number of aliphatic hydroxyl groups excluding tert-OH is 1. The zero-order chi connectivity index (χ0) is 15.3. The van der Waals surface area contributed by atoms with E-state index in [9.17, 15) is 9.90 Å². The minimum Gasteiger partial charge on any atom is -0.393 e. The van der Waals surface area contributed by atoms with Gasteiger partial charge in [0, 0.05) is 11.8 Å². The molecule has 22 heavy (non-hydrogen) atoms. The Hall–Kier alpha value is -0.670. The minimum atomic E-state index is -0.155. The number of ketones is 1. The lowest BCUT2D eigenvalue weighted by molar-refractivity contribution is -0.117. The lowest BCUT2D eigenvalue weighted by atomic mass is 9.47. The molecule has 1 aliphatic heterocycles. The van der Waals surface area contributed by atoms with E-state index in [0.29, 0.717) is 30.1 Å². The third-order valence-electron chi connectivity index (χ3n) is 8.28. The van der Waals surface area contributed by atoms with Crippen molar-refractivity contribution in [1.29, 1.82) is 0 Å². The van der Waals surface area contributed by atoms with Gasteiger partial charge in [-0.25, -0.2) is 0 Å². The molecule has 1 saturated heterocycles. The molecule has 1 spiro atoms. The van der Waals surface area contributed by atoms with E-state index in [-0.39, 0.29) is 22.5 Å². The molecule has 4 aliphatic carbocycles. The van der Waals surface area contributed by atoms with E-state index in [0.717, 1.165) is 38.5 Å². The van der Waals surface area contributed by atoms with Gasteiger partial charge in [-0.15, -0.1) is 0 Å². The fourth-order valence-corrected chi connectivity index (χ4v) is 6.99. The Balaban J connectivity index is 1.60. The smallest absolute Gasteiger partial charge is 0.155 e. The van der Waals surface area contributed by atoms with Crippen LogP contribution in [0.5, 0.6) is 0 Å². The first-order valence-electron chi connectivity index (χ1n) is 9.01. The van der Waals surface area contributed by atoms with E-state index in [4.69, 9.17) is 4.74 Å². The Morgan fingerprint density at radius 2 is 2.00 bits per heavy atom. The Morgan fingerprint density at radius 1 is 1.18 bits per heavy atom. The molecule has 1 heterocycles. The van der Waals surface area contributed by atoms with E-state index < -0.39 is 0 Å². The number of carbonyl (C=O) groups is 1. The van der Waals surface area contributed by atoms with Gasteiger partial charge in [0.2, 0.25) is 0 Å². The molecule has 0 bridgehead atoms. The normalized spacial score (nSPS) is 59.0. The van der Waals surface area contributed by atoms with Gasteiger partial charge >= 0.3 is 0 Å². The lowest BCUT2D eigenvalue weighted by Crippen LogP contribution is -2.57. The van der Waals surface area contributed by atoms with Gasteiger partial charge in [-0.05, 0) is 61.9 Å². The molecule has 5 rings (SSSR count). The summed E-state index contributed by atoms with van der Waals surface area (Å²) in [7, 11) is 0. The van der Waals surface area contributed by atoms with Gasteiger partial charge in [-0.2, -0.15) is 0 Å². The van der Waals surface area contributed by atoms with E-state index in [1.807, 2.05) is 6.08 Å². The highest BCUT2D eigenvalue weighted by Gasteiger charge is 2.78. The summed E-state index contributed by atoms with van der Waals surface area (Å²) >= 11 is 0. The molecule has 0 aromatic carbocycles. The number of epoxide rings is 1. The average molecular weight is 302 g/mol. The van der Waals surface area contributed by atoms with Crippen LogP contribution in [0, 0.1) is 22.7 Å². The fraction of sp³-hybridized carbons (Fsp3) is 0.842. The standard InChI is InChI=1S/C19H26O3/c1-17-10-16-19(22-16)14(13(17)5-6-15(17)21)4-3-11-9-12(20)7-8-18(11,19)2/h9,13-16,21H,3-8,10H2,1-2H3/t13?,14?,15-,16?,17?,18-,19?/m0/s1. The summed E-state index contributed by atoms with van der Waals surface area (Å²) < 4.78 is 6.46. The van der Waals surface area contributed by atoms with Crippen molar-refractivity contribution in [2.45, 2.75) is 76.6 Å². The Morgan fingerprint density at radius 3 is 2.82 bits per heavy atom. The van der Waals surface area contributed by atoms with Crippen molar-refractivity contribution in [2.24, 2.45) is 22.7 Å². The van der Waals surface area contributed by atoms with E-state index >= 15 is 0 Å². The minimum absolute atomic E-state index is 0.0218. The number of ether oxygens (including phenoxy) is 1. The highest BCUT2D eigenvalue weighted by atomic mass is 16.6. The maximum absolute atomic E-state index is 11.9. The van der Waals surface area contributed by atoms with Crippen LogP contribution in [-0.2, 0) is 9.53 Å². The van der Waals surface area contributed by atoms with E-state index in [2.05, 4.69) is 13.8 Å². The predicted octanol–water partition coefficient (Wildman–Crippen LogP) is 3.01. The van der Waals surface area contributed by atoms with Crippen LogP contribution in [0.25, 0.3) is 0 Å². The second-order valence-electron chi connectivity index (χ2n) is 8.92. The van der Waals surface area contributed by atoms with Gasteiger partial charge in [0.05, 0.1) is 12.2 Å². The molecule has 0 radical (unpaired) electrons. The van der Waals surface area contributed by atoms with Crippen molar-refractivity contribution < 1.29 is 14.6 Å². The molecular weight excluding hydrogens is 276 g/mol. The van der Waals surface area contributed by atoms with Crippen molar-refractivity contribution in [3.05, 3.63) is 11.6 Å². The van der Waals surface area contributed by atoms with Crippen LogP contribution in [0.15, 0.2) is 11.6 Å². The van der Waals surface area contributed by atoms with Gasteiger partial charge in [0.25, 0.3) is 0 Å². The van der Waals surface area contributed by atoms with E-state index in [1.165, 1.54) is 5.57 Å². The third kappa shape index (κ3) is 1.31. The monoisotopic (exact) mass is 302 g/mol. The molecule has 3 nitrogen and oxygen atoms in total. The van der Waals surface area contributed by atoms with Crippen LogP contribution >= 0.6 is 0 Å². The number of hydrogen-bond donors (Lipinski definition) is 1. The fourth-order valence-electron chi connectivity index (χ4n) is 6.99. The third-order valence-corrected chi connectivity index (χ3v) is 8.28. The predicted molar refractivity (Wildman–Crippen MR) is 82.2 cm³/mol. The maximum atomic E-state index is 11.9. The largest absolute Gasteiger partial charge is 0.393 e. The first-order chi connectivity index (χ1) is 10.4. The number of hydrogen-bond acceptors (Lipinski definition) is 3. The van der Waals surface area contributed by atoms with Crippen molar-refractivity contribution in [3.63, 3.8) is 0 Å². The van der Waals surface area contributed by atoms with Crippen molar-refractivity contribution in [1.82, 2.24) is 0 Å². The molecule has 0 aromatic heterocycles. The molecule has 3 heteroatoms. The second kappa shape index (κ2) is 3.87. The van der Waals surface area contributed by atoms with Crippen molar-refractivity contribution in [3.8, 4) is 0 Å². The van der Waals surface area contributed by atoms with Crippen molar-refractivity contribution >= 4 is 5.78 Å².